The van der Waals surface area contributed by atoms with Gasteiger partial charge in [-0.1, -0.05) is 55.8 Å². The van der Waals surface area contributed by atoms with E-state index in [1.54, 1.807) is 0 Å². The Morgan fingerprint density at radius 3 is 2.74 bits per heavy atom. The Bertz CT molecular complexity index is 1430. The highest BCUT2D eigenvalue weighted by atomic mass is 35.5. The fourth-order valence-electron chi connectivity index (χ4n) is 7.93. The van der Waals surface area contributed by atoms with Crippen LogP contribution in [0.5, 0.6) is 5.75 Å². The number of anilines is 2. The topological polar surface area (TPSA) is 72.5 Å². The minimum Gasteiger partial charge on any atom is -0.493 e. The highest BCUT2D eigenvalue weighted by Gasteiger charge is 2.54. The molecule has 2 unspecified atom stereocenters. The molecular formula is C35H42ClN3O3. The summed E-state index contributed by atoms with van der Waals surface area (Å²) in [4.78, 5) is 17.8. The van der Waals surface area contributed by atoms with E-state index < -0.39 is 5.54 Å². The molecule has 0 bridgehead atoms. The number of carbonyl (C=O) groups excluding carboxylic acids is 1. The van der Waals surface area contributed by atoms with Crippen molar-refractivity contribution in [2.24, 2.45) is 11.8 Å². The predicted octanol–water partition coefficient (Wildman–Crippen LogP) is 7.77. The molecule has 3 aromatic rings. The lowest BCUT2D eigenvalue weighted by molar-refractivity contribution is -0.148. The largest absolute Gasteiger partial charge is 0.493 e. The molecule has 1 aromatic heterocycles. The number of rotatable bonds is 8. The number of aromatic nitrogens is 1. The van der Waals surface area contributed by atoms with Crippen LogP contribution in [0, 0.1) is 11.8 Å². The van der Waals surface area contributed by atoms with Crippen LogP contribution in [0.25, 0.3) is 0 Å². The summed E-state index contributed by atoms with van der Waals surface area (Å²) in [5.41, 5.74) is 4.24. The van der Waals surface area contributed by atoms with E-state index in [0.717, 1.165) is 55.9 Å². The number of nitrogens with zero attached hydrogens (tertiary/aromatic N) is 1. The van der Waals surface area contributed by atoms with Crippen LogP contribution < -0.4 is 15.4 Å². The molecule has 1 spiro atoms. The van der Waals surface area contributed by atoms with E-state index in [1.807, 2.05) is 36.5 Å². The minimum absolute atomic E-state index is 0.0344. The second-order valence-corrected chi connectivity index (χ2v) is 13.2. The van der Waals surface area contributed by atoms with Crippen molar-refractivity contribution in [1.82, 2.24) is 4.98 Å². The number of hydrogen-bond donors (Lipinski definition) is 2. The first kappa shape index (κ1) is 28.9. The van der Waals surface area contributed by atoms with Crippen molar-refractivity contribution in [2.45, 2.75) is 75.7 Å². The maximum atomic E-state index is 13.3. The Balaban J connectivity index is 1.20. The molecule has 6 rings (SSSR count). The van der Waals surface area contributed by atoms with E-state index in [9.17, 15) is 4.79 Å². The molecule has 1 aliphatic heterocycles. The Hall–Kier alpha value is -3.25. The first-order valence-electron chi connectivity index (χ1n) is 15.4. The van der Waals surface area contributed by atoms with Gasteiger partial charge in [-0.05, 0) is 104 Å². The zero-order chi connectivity index (χ0) is 29.3. The van der Waals surface area contributed by atoms with Gasteiger partial charge in [-0.25, -0.2) is 9.78 Å². The van der Waals surface area contributed by atoms with Crippen LogP contribution in [0.2, 0.25) is 5.02 Å². The third-order valence-electron chi connectivity index (χ3n) is 10.1. The molecule has 0 radical (unpaired) electrons. The van der Waals surface area contributed by atoms with Gasteiger partial charge in [0, 0.05) is 29.0 Å². The normalized spacial score (nSPS) is 27.0. The average Bonchev–Trinajstić information content (AvgIpc) is 3.29. The van der Waals surface area contributed by atoms with Crippen molar-refractivity contribution in [3.63, 3.8) is 0 Å². The number of halogens is 1. The molecule has 1 fully saturated rings. The van der Waals surface area contributed by atoms with E-state index in [-0.39, 0.29) is 11.4 Å². The van der Waals surface area contributed by atoms with Crippen LogP contribution in [0.1, 0.15) is 75.0 Å². The highest BCUT2D eigenvalue weighted by molar-refractivity contribution is 6.30. The van der Waals surface area contributed by atoms with Crippen LogP contribution >= 0.6 is 11.6 Å². The number of esters is 1. The molecule has 2 N–H and O–H groups in total. The predicted molar refractivity (Wildman–Crippen MR) is 169 cm³/mol. The number of ether oxygens (including phenoxy) is 2. The third kappa shape index (κ3) is 5.34. The monoisotopic (exact) mass is 587 g/mol. The lowest BCUT2D eigenvalue weighted by Crippen LogP contribution is -2.53. The Morgan fingerprint density at radius 1 is 1.14 bits per heavy atom. The number of methoxy groups -OCH3 is 1. The molecule has 42 heavy (non-hydrogen) atoms. The first-order chi connectivity index (χ1) is 20.3. The number of nitrogens with one attached hydrogen (secondary N) is 2. The van der Waals surface area contributed by atoms with Crippen molar-refractivity contribution in [1.29, 1.82) is 0 Å². The van der Waals surface area contributed by atoms with Gasteiger partial charge in [-0.3, -0.25) is 0 Å². The Kier molecular flexibility index (Phi) is 8.10. The number of benzene rings is 2. The molecule has 2 aromatic carbocycles. The second-order valence-electron chi connectivity index (χ2n) is 12.8. The summed E-state index contributed by atoms with van der Waals surface area (Å²) in [5, 5.41) is 7.62. The maximum Gasteiger partial charge on any atom is 0.331 e. The van der Waals surface area contributed by atoms with E-state index in [2.05, 4.69) is 53.7 Å². The van der Waals surface area contributed by atoms with Crippen LogP contribution in [0.15, 0.2) is 60.8 Å². The molecule has 222 valence electrons. The number of hydrogen-bond acceptors (Lipinski definition) is 6. The van der Waals surface area contributed by atoms with Crippen molar-refractivity contribution >= 4 is 29.1 Å². The van der Waals surface area contributed by atoms with Gasteiger partial charge in [0.1, 0.15) is 17.1 Å². The van der Waals surface area contributed by atoms with Crippen LogP contribution in [-0.2, 0) is 21.4 Å². The highest BCUT2D eigenvalue weighted by Crippen LogP contribution is 2.56. The standard InChI is InChI=1S/C35H42ClN3O3/c1-23(22-42-30-12-18-38-32-31(30)24(2)11-17-37-32)19-26-20-25-7-4-5-10-29(25)34(26)13-15-35(16-14-34,33(40)41-3)39-28-9-6-8-27(36)21-28/h4-10,12,18,21,23-24,26,39H,11,13-17,19-20,22H2,1-3H3,(H,37,38)/t23-,24?,26?,34?,35?/m1/s1. The fourth-order valence-corrected chi connectivity index (χ4v) is 8.12. The molecule has 0 amide bonds. The van der Waals surface area contributed by atoms with Gasteiger partial charge < -0.3 is 20.1 Å². The average molecular weight is 588 g/mol. The molecular weight excluding hydrogens is 546 g/mol. The molecule has 3 atom stereocenters. The minimum atomic E-state index is -0.771. The summed E-state index contributed by atoms with van der Waals surface area (Å²) in [5.74, 6) is 3.03. The SMILES string of the molecule is COC(=O)C1(Nc2cccc(Cl)c2)CCC2(CC1)c1ccccc1CC2C[C@@H](C)COc1ccnc2c1C(C)CCN2. The van der Waals surface area contributed by atoms with Gasteiger partial charge in [-0.2, -0.15) is 0 Å². The molecule has 6 nitrogen and oxygen atoms in total. The lowest BCUT2D eigenvalue weighted by Gasteiger charge is -2.47. The van der Waals surface area contributed by atoms with E-state index in [0.29, 0.717) is 42.2 Å². The summed E-state index contributed by atoms with van der Waals surface area (Å²) >= 11 is 6.28. The van der Waals surface area contributed by atoms with Gasteiger partial charge in [0.15, 0.2) is 0 Å². The lowest BCUT2D eigenvalue weighted by atomic mass is 9.59. The zero-order valence-electron chi connectivity index (χ0n) is 24.9. The molecule has 0 saturated heterocycles. The number of carbonyl (C=O) groups is 1. The van der Waals surface area contributed by atoms with Gasteiger partial charge in [0.2, 0.25) is 0 Å². The fraction of sp³-hybridized carbons (Fsp3) is 0.486. The molecule has 2 aliphatic carbocycles. The smallest absolute Gasteiger partial charge is 0.331 e. The zero-order valence-corrected chi connectivity index (χ0v) is 25.7. The first-order valence-corrected chi connectivity index (χ1v) is 15.8. The summed E-state index contributed by atoms with van der Waals surface area (Å²) in [6, 6.07) is 18.6. The van der Waals surface area contributed by atoms with Gasteiger partial charge in [-0.15, -0.1) is 0 Å². The number of pyridine rings is 1. The van der Waals surface area contributed by atoms with Gasteiger partial charge >= 0.3 is 5.97 Å². The molecule has 2 heterocycles. The summed E-state index contributed by atoms with van der Waals surface area (Å²) in [6.45, 7) is 6.20. The number of fused-ring (bicyclic) bond motifs is 3. The summed E-state index contributed by atoms with van der Waals surface area (Å²) in [6.07, 6.45) is 8.33. The van der Waals surface area contributed by atoms with Gasteiger partial charge in [0.05, 0.1) is 13.7 Å². The van der Waals surface area contributed by atoms with Crippen LogP contribution in [0.4, 0.5) is 11.5 Å². The maximum absolute atomic E-state index is 13.3. The molecule has 1 saturated carbocycles. The second kappa shape index (κ2) is 11.8. The summed E-state index contributed by atoms with van der Waals surface area (Å²) in [7, 11) is 1.49. The van der Waals surface area contributed by atoms with E-state index in [4.69, 9.17) is 21.1 Å². The summed E-state index contributed by atoms with van der Waals surface area (Å²) < 4.78 is 11.9. The quantitative estimate of drug-likeness (QED) is 0.262. The van der Waals surface area contributed by atoms with Crippen molar-refractivity contribution in [3.8, 4) is 5.75 Å². The van der Waals surface area contributed by atoms with Crippen molar-refractivity contribution in [2.75, 3.05) is 30.9 Å². The van der Waals surface area contributed by atoms with E-state index in [1.165, 1.54) is 23.8 Å². The Morgan fingerprint density at radius 2 is 1.95 bits per heavy atom. The van der Waals surface area contributed by atoms with Crippen LogP contribution in [-0.4, -0.2) is 36.8 Å². The van der Waals surface area contributed by atoms with Gasteiger partial charge in [0.25, 0.3) is 0 Å². The van der Waals surface area contributed by atoms with Crippen molar-refractivity contribution in [3.05, 3.63) is 82.5 Å². The molecule has 3 aliphatic rings. The van der Waals surface area contributed by atoms with Crippen LogP contribution in [0.3, 0.4) is 0 Å². The third-order valence-corrected chi connectivity index (χ3v) is 10.3. The van der Waals surface area contributed by atoms with E-state index >= 15 is 0 Å². The van der Waals surface area contributed by atoms with Crippen molar-refractivity contribution < 1.29 is 14.3 Å². The molecule has 7 heteroatoms. The Labute approximate surface area is 254 Å².